The molecule has 0 amide bonds. The lowest BCUT2D eigenvalue weighted by atomic mass is 10.0. The fourth-order valence-electron chi connectivity index (χ4n) is 3.39. The maximum Gasteiger partial charge on any atom is 0.228 e. The largest absolute Gasteiger partial charge is 0.356 e. The Morgan fingerprint density at radius 1 is 1.21 bits per heavy atom. The molecule has 1 N–H and O–H groups in total. The van der Waals surface area contributed by atoms with Gasteiger partial charge in [0, 0.05) is 43.7 Å². The first-order chi connectivity index (χ1) is 13.7. The van der Waals surface area contributed by atoms with Gasteiger partial charge in [0.2, 0.25) is 11.7 Å². The van der Waals surface area contributed by atoms with Crippen LogP contribution in [-0.4, -0.2) is 41.1 Å². The molecule has 3 aromatic rings. The lowest BCUT2D eigenvalue weighted by Crippen LogP contribution is -2.44. The number of hydrogen-bond donors (Lipinski definition) is 1. The van der Waals surface area contributed by atoms with Gasteiger partial charge >= 0.3 is 0 Å². The summed E-state index contributed by atoms with van der Waals surface area (Å²) in [6.45, 7) is 2.49. The van der Waals surface area contributed by atoms with Crippen molar-refractivity contribution in [1.82, 2.24) is 20.4 Å². The minimum Gasteiger partial charge on any atom is -0.356 e. The maximum absolute atomic E-state index is 6.03. The second-order valence-electron chi connectivity index (χ2n) is 6.69. The van der Waals surface area contributed by atoms with Gasteiger partial charge in [-0.25, -0.2) is 0 Å². The minimum absolute atomic E-state index is 0. The molecule has 8 heteroatoms. The molecule has 0 spiro atoms. The molecule has 0 fully saturated rings. The Balaban J connectivity index is 0.00000240. The quantitative estimate of drug-likeness (QED) is 0.316. The van der Waals surface area contributed by atoms with E-state index in [2.05, 4.69) is 49.6 Å². The van der Waals surface area contributed by atoms with Gasteiger partial charge in [0.1, 0.15) is 0 Å². The molecule has 0 unspecified atom stereocenters. The standard InChI is InChI=1S/C21H22ClN5O.HI/c1-23-21(27-12-10-15-5-2-3-6-17(15)14-27)24-11-9-19-25-20(26-28-19)16-7-4-8-18(22)13-16;/h2-8,13H,9-12,14H2,1H3,(H,23,24);1H. The zero-order valence-electron chi connectivity index (χ0n) is 16.1. The summed E-state index contributed by atoms with van der Waals surface area (Å²) in [5.74, 6) is 2.03. The first-order valence-corrected chi connectivity index (χ1v) is 9.71. The number of aliphatic imine (C=N–C) groups is 1. The Labute approximate surface area is 192 Å². The predicted octanol–water partition coefficient (Wildman–Crippen LogP) is 4.18. The van der Waals surface area contributed by atoms with Crippen molar-refractivity contribution in [1.29, 1.82) is 0 Å². The minimum atomic E-state index is 0. The Morgan fingerprint density at radius 2 is 2.03 bits per heavy atom. The van der Waals surface area contributed by atoms with E-state index >= 15 is 0 Å². The number of benzene rings is 2. The molecule has 152 valence electrons. The van der Waals surface area contributed by atoms with Crippen molar-refractivity contribution in [2.75, 3.05) is 20.1 Å². The molecule has 0 aliphatic carbocycles. The first-order valence-electron chi connectivity index (χ1n) is 9.34. The molecule has 2 aromatic carbocycles. The van der Waals surface area contributed by atoms with Crippen LogP contribution in [0.3, 0.4) is 0 Å². The molecule has 1 aliphatic rings. The molecule has 29 heavy (non-hydrogen) atoms. The highest BCUT2D eigenvalue weighted by Crippen LogP contribution is 2.20. The zero-order valence-corrected chi connectivity index (χ0v) is 19.2. The molecule has 2 heterocycles. The third kappa shape index (κ3) is 5.27. The Bertz CT molecular complexity index is 990. The van der Waals surface area contributed by atoms with Crippen molar-refractivity contribution >= 4 is 41.5 Å². The SMILES string of the molecule is CN=C(NCCc1nc(-c2cccc(Cl)c2)no1)N1CCc2ccccc2C1.I. The second-order valence-corrected chi connectivity index (χ2v) is 7.12. The summed E-state index contributed by atoms with van der Waals surface area (Å²) in [4.78, 5) is 11.2. The average molecular weight is 524 g/mol. The summed E-state index contributed by atoms with van der Waals surface area (Å²) in [5.41, 5.74) is 3.63. The van der Waals surface area contributed by atoms with Crippen LogP contribution in [-0.2, 0) is 19.4 Å². The first kappa shape index (κ1) is 21.6. The monoisotopic (exact) mass is 523 g/mol. The highest BCUT2D eigenvalue weighted by Gasteiger charge is 2.18. The summed E-state index contributed by atoms with van der Waals surface area (Å²) >= 11 is 6.03. The molecular weight excluding hydrogens is 501 g/mol. The topological polar surface area (TPSA) is 66.5 Å². The molecule has 0 bridgehead atoms. The lowest BCUT2D eigenvalue weighted by molar-refractivity contribution is 0.368. The second kappa shape index (κ2) is 10.1. The van der Waals surface area contributed by atoms with Crippen LogP contribution in [0.2, 0.25) is 5.02 Å². The van der Waals surface area contributed by atoms with Crippen LogP contribution in [0.1, 0.15) is 17.0 Å². The van der Waals surface area contributed by atoms with Crippen molar-refractivity contribution in [3.63, 3.8) is 0 Å². The Morgan fingerprint density at radius 3 is 2.83 bits per heavy atom. The van der Waals surface area contributed by atoms with E-state index in [1.807, 2.05) is 31.3 Å². The van der Waals surface area contributed by atoms with Gasteiger partial charge in [-0.1, -0.05) is 53.2 Å². The molecule has 0 saturated carbocycles. The Kier molecular flexibility index (Phi) is 7.49. The van der Waals surface area contributed by atoms with E-state index < -0.39 is 0 Å². The molecule has 6 nitrogen and oxygen atoms in total. The van der Waals surface area contributed by atoms with Gasteiger partial charge in [-0.05, 0) is 29.7 Å². The number of aromatic nitrogens is 2. The van der Waals surface area contributed by atoms with Crippen LogP contribution in [0.5, 0.6) is 0 Å². The van der Waals surface area contributed by atoms with Crippen LogP contribution >= 0.6 is 35.6 Å². The van der Waals surface area contributed by atoms with E-state index in [0.29, 0.717) is 29.7 Å². The highest BCUT2D eigenvalue weighted by molar-refractivity contribution is 14.0. The summed E-state index contributed by atoms with van der Waals surface area (Å²) in [5, 5.41) is 8.10. The number of hydrogen-bond acceptors (Lipinski definition) is 4. The number of rotatable bonds is 4. The van der Waals surface area contributed by atoms with Crippen LogP contribution in [0, 0.1) is 0 Å². The summed E-state index contributed by atoms with van der Waals surface area (Å²) < 4.78 is 5.37. The summed E-state index contributed by atoms with van der Waals surface area (Å²) in [6.07, 6.45) is 1.65. The van der Waals surface area contributed by atoms with E-state index in [1.165, 1.54) is 11.1 Å². The fourth-order valence-corrected chi connectivity index (χ4v) is 3.58. The van der Waals surface area contributed by atoms with Crippen molar-refractivity contribution in [3.05, 3.63) is 70.6 Å². The molecule has 0 saturated heterocycles. The van der Waals surface area contributed by atoms with Crippen molar-refractivity contribution in [2.24, 2.45) is 4.99 Å². The number of halogens is 2. The van der Waals surface area contributed by atoms with Gasteiger partial charge in [-0.15, -0.1) is 24.0 Å². The third-order valence-corrected chi connectivity index (χ3v) is 5.05. The molecule has 0 atom stereocenters. The third-order valence-electron chi connectivity index (χ3n) is 4.81. The summed E-state index contributed by atoms with van der Waals surface area (Å²) in [6, 6.07) is 16.0. The number of nitrogens with zero attached hydrogens (tertiary/aromatic N) is 4. The number of fused-ring (bicyclic) bond motifs is 1. The lowest BCUT2D eigenvalue weighted by Gasteiger charge is -2.31. The van der Waals surface area contributed by atoms with Crippen LogP contribution < -0.4 is 5.32 Å². The van der Waals surface area contributed by atoms with Crippen molar-refractivity contribution in [3.8, 4) is 11.4 Å². The number of nitrogens with one attached hydrogen (secondary N) is 1. The normalized spacial score (nSPS) is 13.6. The van der Waals surface area contributed by atoms with Gasteiger partial charge in [0.25, 0.3) is 0 Å². The van der Waals surface area contributed by atoms with Gasteiger partial charge in [0.15, 0.2) is 5.96 Å². The van der Waals surface area contributed by atoms with Crippen molar-refractivity contribution in [2.45, 2.75) is 19.4 Å². The van der Waals surface area contributed by atoms with E-state index in [0.717, 1.165) is 31.0 Å². The molecule has 4 rings (SSSR count). The predicted molar refractivity (Wildman–Crippen MR) is 126 cm³/mol. The van der Waals surface area contributed by atoms with E-state index in [-0.39, 0.29) is 24.0 Å². The molecule has 1 aromatic heterocycles. The van der Waals surface area contributed by atoms with Crippen LogP contribution in [0.4, 0.5) is 0 Å². The van der Waals surface area contributed by atoms with E-state index in [1.54, 1.807) is 0 Å². The van der Waals surface area contributed by atoms with E-state index in [9.17, 15) is 0 Å². The number of guanidine groups is 1. The maximum atomic E-state index is 6.03. The molecule has 1 aliphatic heterocycles. The Hall–Kier alpha value is -2.13. The van der Waals surface area contributed by atoms with Crippen LogP contribution in [0.25, 0.3) is 11.4 Å². The fraction of sp³-hybridized carbons (Fsp3) is 0.286. The molecular formula is C21H23ClIN5O. The van der Waals surface area contributed by atoms with Gasteiger partial charge in [-0.3, -0.25) is 4.99 Å². The van der Waals surface area contributed by atoms with E-state index in [4.69, 9.17) is 16.1 Å². The van der Waals surface area contributed by atoms with Gasteiger partial charge in [-0.2, -0.15) is 4.98 Å². The summed E-state index contributed by atoms with van der Waals surface area (Å²) in [7, 11) is 1.81. The average Bonchev–Trinajstić information content (AvgIpc) is 3.20. The van der Waals surface area contributed by atoms with Crippen LogP contribution in [0.15, 0.2) is 58.0 Å². The highest BCUT2D eigenvalue weighted by atomic mass is 127. The molecule has 0 radical (unpaired) electrons. The van der Waals surface area contributed by atoms with Gasteiger partial charge in [0.05, 0.1) is 0 Å². The smallest absolute Gasteiger partial charge is 0.228 e. The van der Waals surface area contributed by atoms with Crippen molar-refractivity contribution < 1.29 is 4.52 Å². The zero-order chi connectivity index (χ0) is 19.3. The van der Waals surface area contributed by atoms with Gasteiger partial charge < -0.3 is 14.7 Å².